The number of anilines is 1. The predicted molar refractivity (Wildman–Crippen MR) is 83.0 cm³/mol. The van der Waals surface area contributed by atoms with Crippen molar-refractivity contribution in [2.45, 2.75) is 0 Å². The first-order valence-electron chi connectivity index (χ1n) is 4.99. The van der Waals surface area contributed by atoms with Crippen LogP contribution in [0.1, 0.15) is 10.4 Å². The maximum Gasteiger partial charge on any atom is 0.256 e. The lowest BCUT2D eigenvalue weighted by atomic mass is 10.2. The van der Waals surface area contributed by atoms with Crippen LogP contribution in [-0.4, -0.2) is 13.0 Å². The molecule has 6 heteroatoms. The van der Waals surface area contributed by atoms with Crippen LogP contribution in [-0.2, 0) is 0 Å². The number of hydrogen-bond donors (Lipinski definition) is 1. The molecule has 1 aromatic carbocycles. The number of hydrogen-bond acceptors (Lipinski definition) is 3. The third kappa shape index (κ3) is 3.15. The van der Waals surface area contributed by atoms with E-state index >= 15 is 0 Å². The van der Waals surface area contributed by atoms with Gasteiger partial charge in [0.25, 0.3) is 5.91 Å². The second kappa shape index (κ2) is 5.90. The molecule has 0 atom stereocenters. The first kappa shape index (κ1) is 13.6. The normalized spacial score (nSPS) is 10.2. The molecule has 2 rings (SSSR count). The molecule has 0 bridgehead atoms. The minimum atomic E-state index is -0.143. The van der Waals surface area contributed by atoms with Crippen LogP contribution in [0.5, 0.6) is 5.75 Å². The Hall–Kier alpha value is -0.790. The topological polar surface area (TPSA) is 38.3 Å². The van der Waals surface area contributed by atoms with E-state index in [1.165, 1.54) is 11.3 Å². The zero-order valence-electron chi connectivity index (χ0n) is 9.37. The largest absolute Gasteiger partial charge is 0.495 e. The molecule has 3 nitrogen and oxygen atoms in total. The lowest BCUT2D eigenvalue weighted by Gasteiger charge is -2.07. The van der Waals surface area contributed by atoms with E-state index in [-0.39, 0.29) is 5.91 Å². The van der Waals surface area contributed by atoms with Gasteiger partial charge < -0.3 is 10.1 Å². The van der Waals surface area contributed by atoms with E-state index in [1.807, 2.05) is 11.4 Å². The molecule has 0 fully saturated rings. The number of ether oxygens (including phenoxy) is 1. The van der Waals surface area contributed by atoms with Crippen molar-refractivity contribution in [2.24, 2.45) is 0 Å². The number of nitrogens with one attached hydrogen (secondary N) is 1. The minimum Gasteiger partial charge on any atom is -0.495 e. The Balaban J connectivity index is 2.14. The highest BCUT2D eigenvalue weighted by molar-refractivity contribution is 14.1. The molecule has 1 heterocycles. The Kier molecular flexibility index (Phi) is 4.47. The van der Waals surface area contributed by atoms with Crippen molar-refractivity contribution in [1.82, 2.24) is 0 Å². The molecule has 0 aliphatic carbocycles. The Morgan fingerprint density at radius 2 is 2.22 bits per heavy atom. The minimum absolute atomic E-state index is 0.143. The van der Waals surface area contributed by atoms with Gasteiger partial charge in [0.2, 0.25) is 0 Å². The average molecular weight is 394 g/mol. The molecule has 18 heavy (non-hydrogen) atoms. The Labute approximate surface area is 127 Å². The number of carbonyl (C=O) groups is 1. The molecule has 1 amide bonds. The molecule has 2 aromatic rings. The Morgan fingerprint density at radius 1 is 1.44 bits per heavy atom. The first-order valence-corrected chi connectivity index (χ1v) is 7.32. The molecular weight excluding hydrogens is 385 g/mol. The smallest absolute Gasteiger partial charge is 0.256 e. The van der Waals surface area contributed by atoms with Gasteiger partial charge in [-0.05, 0) is 46.9 Å². The van der Waals surface area contributed by atoms with E-state index in [0.29, 0.717) is 22.0 Å². The summed E-state index contributed by atoms with van der Waals surface area (Å²) in [6.45, 7) is 0. The highest BCUT2D eigenvalue weighted by atomic mass is 127. The number of thiophene rings is 1. The van der Waals surface area contributed by atoms with Gasteiger partial charge in [0.1, 0.15) is 5.75 Å². The van der Waals surface area contributed by atoms with Gasteiger partial charge in [-0.1, -0.05) is 11.6 Å². The third-order valence-electron chi connectivity index (χ3n) is 2.24. The monoisotopic (exact) mass is 393 g/mol. The molecule has 0 aliphatic heterocycles. The van der Waals surface area contributed by atoms with Gasteiger partial charge in [-0.25, -0.2) is 0 Å². The Morgan fingerprint density at radius 3 is 2.78 bits per heavy atom. The average Bonchev–Trinajstić information content (AvgIpc) is 2.76. The molecule has 0 saturated heterocycles. The van der Waals surface area contributed by atoms with Crippen LogP contribution in [0.3, 0.4) is 0 Å². The Bertz CT molecular complexity index is 585. The molecule has 1 aromatic heterocycles. The number of benzene rings is 1. The van der Waals surface area contributed by atoms with Gasteiger partial charge in [0.15, 0.2) is 0 Å². The van der Waals surface area contributed by atoms with Crippen molar-refractivity contribution < 1.29 is 9.53 Å². The van der Waals surface area contributed by atoms with Crippen molar-refractivity contribution in [3.05, 3.63) is 43.1 Å². The van der Waals surface area contributed by atoms with Crippen molar-refractivity contribution >= 4 is 57.1 Å². The van der Waals surface area contributed by atoms with Gasteiger partial charge in [-0.15, -0.1) is 11.3 Å². The molecule has 0 aliphatic rings. The van der Waals surface area contributed by atoms with Crippen molar-refractivity contribution in [2.75, 3.05) is 12.4 Å². The molecule has 0 unspecified atom stereocenters. The second-order valence-corrected chi connectivity index (χ2v) is 6.66. The fraction of sp³-hybridized carbons (Fsp3) is 0.0833. The fourth-order valence-corrected chi connectivity index (χ4v) is 2.96. The summed E-state index contributed by atoms with van der Waals surface area (Å²) in [5.74, 6) is 0.440. The number of halogens is 2. The zero-order chi connectivity index (χ0) is 13.1. The van der Waals surface area contributed by atoms with Crippen molar-refractivity contribution in [1.29, 1.82) is 0 Å². The second-order valence-electron chi connectivity index (χ2n) is 3.44. The van der Waals surface area contributed by atoms with Crippen LogP contribution in [0.2, 0.25) is 5.02 Å². The summed E-state index contributed by atoms with van der Waals surface area (Å²) in [7, 11) is 1.55. The number of carbonyl (C=O) groups excluding carboxylic acids is 1. The fourth-order valence-electron chi connectivity index (χ4n) is 1.38. The number of amides is 1. The van der Waals surface area contributed by atoms with E-state index in [4.69, 9.17) is 16.3 Å². The van der Waals surface area contributed by atoms with Gasteiger partial charge >= 0.3 is 0 Å². The molecule has 94 valence electrons. The molecule has 1 N–H and O–H groups in total. The van der Waals surface area contributed by atoms with Gasteiger partial charge in [0.05, 0.1) is 20.6 Å². The first-order chi connectivity index (χ1) is 8.60. The summed E-state index contributed by atoms with van der Waals surface area (Å²) in [6.07, 6.45) is 0. The standard InChI is InChI=1S/C12H9ClINO2S/c1-17-10-3-2-8(5-9(10)13)15-12(16)7-4-11(14)18-6-7/h2-6H,1H3,(H,15,16). The van der Waals surface area contributed by atoms with Crippen LogP contribution in [0, 0.1) is 2.88 Å². The summed E-state index contributed by atoms with van der Waals surface area (Å²) in [5, 5.41) is 5.08. The molecule has 0 saturated carbocycles. The highest BCUT2D eigenvalue weighted by Crippen LogP contribution is 2.27. The van der Waals surface area contributed by atoms with E-state index in [1.54, 1.807) is 25.3 Å². The summed E-state index contributed by atoms with van der Waals surface area (Å²) in [4.78, 5) is 11.9. The summed E-state index contributed by atoms with van der Waals surface area (Å²) < 4.78 is 6.12. The van der Waals surface area contributed by atoms with Crippen molar-refractivity contribution in [3.63, 3.8) is 0 Å². The van der Waals surface area contributed by atoms with Crippen LogP contribution in [0.15, 0.2) is 29.6 Å². The maximum atomic E-state index is 11.9. The third-order valence-corrected chi connectivity index (χ3v) is 4.32. The van der Waals surface area contributed by atoms with Gasteiger partial charge in [-0.2, -0.15) is 0 Å². The van der Waals surface area contributed by atoms with Crippen LogP contribution >= 0.6 is 45.5 Å². The predicted octanol–water partition coefficient (Wildman–Crippen LogP) is 4.27. The van der Waals surface area contributed by atoms with Gasteiger partial charge in [-0.3, -0.25) is 4.79 Å². The van der Waals surface area contributed by atoms with Crippen molar-refractivity contribution in [3.8, 4) is 5.75 Å². The maximum absolute atomic E-state index is 11.9. The summed E-state index contributed by atoms with van der Waals surface area (Å²) in [6, 6.07) is 6.97. The van der Waals surface area contributed by atoms with Crippen LogP contribution < -0.4 is 10.1 Å². The zero-order valence-corrected chi connectivity index (χ0v) is 13.1. The highest BCUT2D eigenvalue weighted by Gasteiger charge is 2.09. The van der Waals surface area contributed by atoms with Gasteiger partial charge in [0, 0.05) is 11.1 Å². The summed E-state index contributed by atoms with van der Waals surface area (Å²) >= 11 is 9.70. The number of methoxy groups -OCH3 is 1. The van der Waals surface area contributed by atoms with E-state index in [0.717, 1.165) is 2.88 Å². The molecule has 0 spiro atoms. The number of rotatable bonds is 3. The lowest BCUT2D eigenvalue weighted by Crippen LogP contribution is -2.10. The van der Waals surface area contributed by atoms with Crippen LogP contribution in [0.25, 0.3) is 0 Å². The molecular formula is C12H9ClINO2S. The summed E-state index contributed by atoms with van der Waals surface area (Å²) in [5.41, 5.74) is 1.29. The van der Waals surface area contributed by atoms with E-state index in [9.17, 15) is 4.79 Å². The van der Waals surface area contributed by atoms with Crippen LogP contribution in [0.4, 0.5) is 5.69 Å². The molecule has 0 radical (unpaired) electrons. The van der Waals surface area contributed by atoms with E-state index in [2.05, 4.69) is 27.9 Å². The van der Waals surface area contributed by atoms with E-state index < -0.39 is 0 Å². The lowest BCUT2D eigenvalue weighted by molar-refractivity contribution is 0.102. The SMILES string of the molecule is COc1ccc(NC(=O)c2csc(I)c2)cc1Cl. The quantitative estimate of drug-likeness (QED) is 0.791.